The van der Waals surface area contributed by atoms with Crippen molar-refractivity contribution in [3.8, 4) is 0 Å². The van der Waals surface area contributed by atoms with Crippen LogP contribution in [0.25, 0.3) is 0 Å². The molecule has 0 amide bonds. The minimum atomic E-state index is -0.584. The summed E-state index contributed by atoms with van der Waals surface area (Å²) in [7, 11) is 0. The highest BCUT2D eigenvalue weighted by molar-refractivity contribution is 5.76. The number of aliphatic hydroxyl groups is 2. The summed E-state index contributed by atoms with van der Waals surface area (Å²) in [6.45, 7) is 14.6. The molecule has 0 heterocycles. The average molecular weight is 475 g/mol. The Morgan fingerprint density at radius 2 is 1.56 bits per heavy atom. The van der Waals surface area contributed by atoms with Gasteiger partial charge in [-0.15, -0.1) is 0 Å². The summed E-state index contributed by atoms with van der Waals surface area (Å²) in [4.78, 5) is 12.8. The summed E-state index contributed by atoms with van der Waals surface area (Å²) in [5.41, 5.74) is -0.0203. The number of fused-ring (bicyclic) bond motifs is 7. The molecule has 5 aliphatic carbocycles. The third-order valence-electron chi connectivity index (χ3n) is 13.9. The molecule has 0 bridgehead atoms. The quantitative estimate of drug-likeness (QED) is 0.459. The SMILES string of the molecule is CC(CO)C1CCC2(C(=O)O)CC[C@]3(C)C(CCC4[C@@]5(C)CCC(O)C(C)(C)C5CC[C@]43C)C12. The van der Waals surface area contributed by atoms with Crippen LogP contribution in [-0.4, -0.2) is 34.0 Å². The zero-order valence-electron chi connectivity index (χ0n) is 22.6. The van der Waals surface area contributed by atoms with Crippen molar-refractivity contribution in [1.82, 2.24) is 0 Å². The molecule has 5 saturated carbocycles. The molecule has 0 saturated heterocycles. The topological polar surface area (TPSA) is 77.8 Å². The number of hydrogen-bond donors (Lipinski definition) is 3. The van der Waals surface area contributed by atoms with E-state index in [1.54, 1.807) is 0 Å². The van der Waals surface area contributed by atoms with Crippen molar-refractivity contribution in [1.29, 1.82) is 0 Å². The Hall–Kier alpha value is -0.610. The molecule has 8 unspecified atom stereocenters. The fraction of sp³-hybridized carbons (Fsp3) is 0.967. The monoisotopic (exact) mass is 474 g/mol. The molecule has 0 aromatic carbocycles. The van der Waals surface area contributed by atoms with E-state index in [0.29, 0.717) is 23.7 Å². The van der Waals surface area contributed by atoms with Gasteiger partial charge in [-0.2, -0.15) is 0 Å². The second-order valence-corrected chi connectivity index (χ2v) is 14.9. The maximum Gasteiger partial charge on any atom is 0.309 e. The molecule has 3 N–H and O–H groups in total. The smallest absolute Gasteiger partial charge is 0.309 e. The lowest BCUT2D eigenvalue weighted by molar-refractivity contribution is -0.249. The molecule has 0 aliphatic heterocycles. The highest BCUT2D eigenvalue weighted by Crippen LogP contribution is 2.77. The minimum Gasteiger partial charge on any atom is -0.481 e. The lowest BCUT2D eigenvalue weighted by atomic mass is 9.32. The van der Waals surface area contributed by atoms with Crippen molar-refractivity contribution in [2.24, 2.45) is 62.6 Å². The molecule has 5 aliphatic rings. The van der Waals surface area contributed by atoms with E-state index in [1.807, 2.05) is 0 Å². The molecule has 194 valence electrons. The van der Waals surface area contributed by atoms with Crippen LogP contribution in [0.15, 0.2) is 0 Å². The number of hydrogen-bond acceptors (Lipinski definition) is 3. The number of aliphatic hydroxyl groups excluding tert-OH is 2. The van der Waals surface area contributed by atoms with Gasteiger partial charge in [-0.1, -0.05) is 41.5 Å². The maximum absolute atomic E-state index is 12.8. The molecule has 5 rings (SSSR count). The van der Waals surface area contributed by atoms with Crippen LogP contribution in [0.3, 0.4) is 0 Å². The first-order chi connectivity index (χ1) is 15.8. The number of aliphatic carboxylic acids is 1. The molecular formula is C30H50O4. The molecule has 11 atom stereocenters. The molecule has 4 nitrogen and oxygen atoms in total. The van der Waals surface area contributed by atoms with E-state index >= 15 is 0 Å². The highest BCUT2D eigenvalue weighted by Gasteiger charge is 2.72. The minimum absolute atomic E-state index is 0.0375. The Morgan fingerprint density at radius 1 is 0.853 bits per heavy atom. The number of carboxylic acid groups (broad SMARTS) is 1. The molecule has 0 aromatic heterocycles. The van der Waals surface area contributed by atoms with Crippen LogP contribution in [0, 0.1) is 62.6 Å². The van der Waals surface area contributed by atoms with E-state index in [9.17, 15) is 20.1 Å². The molecule has 0 spiro atoms. The number of carboxylic acids is 1. The predicted molar refractivity (Wildman–Crippen MR) is 134 cm³/mol. The van der Waals surface area contributed by atoms with Crippen molar-refractivity contribution < 1.29 is 20.1 Å². The lowest BCUT2D eigenvalue weighted by Crippen LogP contribution is -2.67. The Labute approximate surface area is 207 Å². The van der Waals surface area contributed by atoms with E-state index < -0.39 is 11.4 Å². The molecule has 0 aromatic rings. The van der Waals surface area contributed by atoms with Crippen LogP contribution in [-0.2, 0) is 4.79 Å². The van der Waals surface area contributed by atoms with Gasteiger partial charge in [0.15, 0.2) is 0 Å². The van der Waals surface area contributed by atoms with Crippen molar-refractivity contribution in [3.63, 3.8) is 0 Å². The molecular weight excluding hydrogens is 424 g/mol. The van der Waals surface area contributed by atoms with Crippen molar-refractivity contribution in [2.45, 2.75) is 112 Å². The van der Waals surface area contributed by atoms with Gasteiger partial charge in [0.25, 0.3) is 0 Å². The van der Waals surface area contributed by atoms with E-state index in [-0.39, 0.29) is 46.2 Å². The van der Waals surface area contributed by atoms with E-state index in [4.69, 9.17) is 0 Å². The molecule has 0 radical (unpaired) electrons. The first kappa shape index (κ1) is 25.1. The summed E-state index contributed by atoms with van der Waals surface area (Å²) in [6.07, 6.45) is 10.1. The third-order valence-corrected chi connectivity index (χ3v) is 13.9. The van der Waals surface area contributed by atoms with Crippen molar-refractivity contribution in [2.75, 3.05) is 6.61 Å². The first-order valence-electron chi connectivity index (χ1n) is 14.3. The fourth-order valence-electron chi connectivity index (χ4n) is 11.8. The number of carbonyl (C=O) groups is 1. The molecule has 4 heteroatoms. The number of rotatable bonds is 3. The third kappa shape index (κ3) is 2.88. The van der Waals surface area contributed by atoms with Crippen LogP contribution in [0.1, 0.15) is 106 Å². The van der Waals surface area contributed by atoms with Crippen LogP contribution < -0.4 is 0 Å². The molecule has 5 fully saturated rings. The summed E-state index contributed by atoms with van der Waals surface area (Å²) in [5.74, 6) is 1.74. The predicted octanol–water partition coefficient (Wildman–Crippen LogP) is 6.14. The summed E-state index contributed by atoms with van der Waals surface area (Å²) >= 11 is 0. The van der Waals surface area contributed by atoms with E-state index in [1.165, 1.54) is 19.3 Å². The fourth-order valence-corrected chi connectivity index (χ4v) is 11.8. The van der Waals surface area contributed by atoms with E-state index in [0.717, 1.165) is 44.9 Å². The van der Waals surface area contributed by atoms with Gasteiger partial charge in [-0.3, -0.25) is 4.79 Å². The normalized spacial score (nSPS) is 54.8. The van der Waals surface area contributed by atoms with Crippen LogP contribution in [0.4, 0.5) is 0 Å². The van der Waals surface area contributed by atoms with Crippen molar-refractivity contribution >= 4 is 5.97 Å². The zero-order chi connectivity index (χ0) is 24.9. The van der Waals surface area contributed by atoms with Gasteiger partial charge in [0.1, 0.15) is 0 Å². The maximum atomic E-state index is 12.8. The van der Waals surface area contributed by atoms with Gasteiger partial charge in [0.2, 0.25) is 0 Å². The largest absolute Gasteiger partial charge is 0.481 e. The molecule has 34 heavy (non-hydrogen) atoms. The Morgan fingerprint density at radius 3 is 2.21 bits per heavy atom. The van der Waals surface area contributed by atoms with Crippen LogP contribution >= 0.6 is 0 Å². The van der Waals surface area contributed by atoms with E-state index in [2.05, 4.69) is 41.5 Å². The van der Waals surface area contributed by atoms with Crippen molar-refractivity contribution in [3.05, 3.63) is 0 Å². The summed E-state index contributed by atoms with van der Waals surface area (Å²) in [5, 5.41) is 31.5. The first-order valence-corrected chi connectivity index (χ1v) is 14.3. The van der Waals surface area contributed by atoms with Crippen LogP contribution in [0.5, 0.6) is 0 Å². The van der Waals surface area contributed by atoms with Gasteiger partial charge in [-0.25, -0.2) is 0 Å². The second-order valence-electron chi connectivity index (χ2n) is 14.9. The average Bonchev–Trinajstić information content (AvgIpc) is 3.18. The zero-order valence-corrected chi connectivity index (χ0v) is 22.6. The lowest BCUT2D eigenvalue weighted by Gasteiger charge is -2.72. The highest BCUT2D eigenvalue weighted by atomic mass is 16.4. The second kappa shape index (κ2) is 7.70. The summed E-state index contributed by atoms with van der Waals surface area (Å²) in [6, 6.07) is 0. The summed E-state index contributed by atoms with van der Waals surface area (Å²) < 4.78 is 0. The Bertz CT molecular complexity index is 838. The Kier molecular flexibility index (Phi) is 5.67. The van der Waals surface area contributed by atoms with Gasteiger partial charge in [0, 0.05) is 6.61 Å². The van der Waals surface area contributed by atoms with Crippen LogP contribution in [0.2, 0.25) is 0 Å². The van der Waals surface area contributed by atoms with Gasteiger partial charge in [0.05, 0.1) is 11.5 Å². The van der Waals surface area contributed by atoms with Gasteiger partial charge < -0.3 is 15.3 Å². The standard InChI is InChI=1S/C30H50O4/c1-18(17-31)19-9-14-30(25(33)34)16-15-28(5)20(24(19)30)7-8-22-27(4)12-11-23(32)26(2,3)21(27)10-13-29(22,28)6/h18-24,31-32H,7-17H2,1-6H3,(H,33,34)/t18?,19?,20?,21?,22?,23?,24?,27-,28+,29+,30?/m0/s1. The van der Waals surface area contributed by atoms with Gasteiger partial charge >= 0.3 is 5.97 Å². The van der Waals surface area contributed by atoms with Gasteiger partial charge in [-0.05, 0) is 121 Å². The Balaban J connectivity index is 1.55.